The minimum Gasteiger partial charge on any atom is -0.324 e. The molecule has 10 heteroatoms. The molecule has 0 aromatic carbocycles. The highest BCUT2D eigenvalue weighted by Gasteiger charge is 2.14. The van der Waals surface area contributed by atoms with Crippen molar-refractivity contribution in [1.29, 1.82) is 0 Å². The molecule has 0 amide bonds. The fourth-order valence-corrected chi connectivity index (χ4v) is 4.65. The number of hydrazine groups is 1. The summed E-state index contributed by atoms with van der Waals surface area (Å²) in [5.74, 6) is 12.7. The number of aromatic nitrogens is 4. The molecule has 0 bridgehead atoms. The van der Waals surface area contributed by atoms with Crippen LogP contribution in [0.5, 0.6) is 0 Å². The van der Waals surface area contributed by atoms with Gasteiger partial charge in [0.05, 0.1) is 0 Å². The third-order valence-corrected chi connectivity index (χ3v) is 6.49. The standard InChI is InChI=1S/C23H40Cl2N8/c1-18-28-22-20(21(24)29-23(25)30-22)33(18)17-15-13-11-9-7-5-3-4-6-8-10-12-14-16-19(31-26)32(2)27/h3-17,26-27H2,1-2H3/b31-19-. The van der Waals surface area contributed by atoms with Crippen molar-refractivity contribution in [3.63, 3.8) is 0 Å². The Morgan fingerprint density at radius 2 is 1.36 bits per heavy atom. The zero-order valence-electron chi connectivity index (χ0n) is 20.2. The molecule has 0 aliphatic carbocycles. The Bertz CT molecular complexity index is 866. The van der Waals surface area contributed by atoms with Crippen molar-refractivity contribution in [3.8, 4) is 0 Å². The van der Waals surface area contributed by atoms with Crippen LogP contribution in [0.25, 0.3) is 11.2 Å². The van der Waals surface area contributed by atoms with Gasteiger partial charge < -0.3 is 15.4 Å². The molecule has 0 fully saturated rings. The molecule has 0 spiro atoms. The summed E-state index contributed by atoms with van der Waals surface area (Å²) in [6, 6.07) is 0. The molecular weight excluding hydrogens is 459 g/mol. The van der Waals surface area contributed by atoms with Crippen molar-refractivity contribution in [2.45, 2.75) is 103 Å². The first kappa shape index (κ1) is 27.6. The smallest absolute Gasteiger partial charge is 0.225 e. The Balaban J connectivity index is 1.44. The van der Waals surface area contributed by atoms with Crippen LogP contribution in [0.1, 0.15) is 95.7 Å². The first-order chi connectivity index (χ1) is 15.9. The van der Waals surface area contributed by atoms with Crippen LogP contribution < -0.4 is 11.7 Å². The summed E-state index contributed by atoms with van der Waals surface area (Å²) in [7, 11) is 1.78. The Hall–Kier alpha value is -1.64. The molecule has 8 nitrogen and oxygen atoms in total. The van der Waals surface area contributed by atoms with Crippen LogP contribution in [0, 0.1) is 6.92 Å². The summed E-state index contributed by atoms with van der Waals surface area (Å²) in [6.07, 6.45) is 17.4. The molecule has 0 aliphatic rings. The summed E-state index contributed by atoms with van der Waals surface area (Å²) in [5, 5.41) is 5.74. The molecule has 186 valence electrons. The van der Waals surface area contributed by atoms with Crippen molar-refractivity contribution in [2.75, 3.05) is 7.05 Å². The van der Waals surface area contributed by atoms with Gasteiger partial charge in [-0.1, -0.05) is 82.2 Å². The monoisotopic (exact) mass is 498 g/mol. The molecule has 2 heterocycles. The van der Waals surface area contributed by atoms with E-state index in [4.69, 9.17) is 34.9 Å². The largest absolute Gasteiger partial charge is 0.324 e. The summed E-state index contributed by atoms with van der Waals surface area (Å²) in [4.78, 5) is 12.7. The van der Waals surface area contributed by atoms with Crippen LogP contribution in [0.2, 0.25) is 10.4 Å². The van der Waals surface area contributed by atoms with E-state index in [1.807, 2.05) is 6.92 Å². The van der Waals surface area contributed by atoms with Crippen LogP contribution in [-0.2, 0) is 6.54 Å². The number of unbranched alkanes of at least 4 members (excludes halogenated alkanes) is 12. The number of hydrazone groups is 1. The lowest BCUT2D eigenvalue weighted by Crippen LogP contribution is -2.33. The number of nitrogens with two attached hydrogens (primary N) is 2. The van der Waals surface area contributed by atoms with E-state index in [-0.39, 0.29) is 5.28 Å². The van der Waals surface area contributed by atoms with E-state index in [2.05, 4.69) is 24.6 Å². The second-order valence-corrected chi connectivity index (χ2v) is 9.46. The van der Waals surface area contributed by atoms with E-state index in [1.165, 1.54) is 75.6 Å². The van der Waals surface area contributed by atoms with Crippen LogP contribution in [-0.4, -0.2) is 37.4 Å². The first-order valence-electron chi connectivity index (χ1n) is 12.2. The molecule has 0 radical (unpaired) electrons. The Kier molecular flexibility index (Phi) is 12.8. The van der Waals surface area contributed by atoms with E-state index in [0.29, 0.717) is 10.8 Å². The molecule has 33 heavy (non-hydrogen) atoms. The van der Waals surface area contributed by atoms with Gasteiger partial charge in [-0.2, -0.15) is 10.1 Å². The maximum Gasteiger partial charge on any atom is 0.225 e. The third-order valence-electron chi connectivity index (χ3n) is 6.06. The molecule has 0 aliphatic heterocycles. The third kappa shape index (κ3) is 9.63. The number of fused-ring (bicyclic) bond motifs is 1. The molecule has 0 unspecified atom stereocenters. The van der Waals surface area contributed by atoms with E-state index in [0.717, 1.165) is 43.0 Å². The van der Waals surface area contributed by atoms with Crippen molar-refractivity contribution in [2.24, 2.45) is 16.8 Å². The maximum atomic E-state index is 6.26. The molecular formula is C23H40Cl2N8. The summed E-state index contributed by atoms with van der Waals surface area (Å²) in [6.45, 7) is 2.86. The number of halogens is 2. The van der Waals surface area contributed by atoms with E-state index in [1.54, 1.807) is 7.05 Å². The van der Waals surface area contributed by atoms with E-state index >= 15 is 0 Å². The molecule has 0 atom stereocenters. The normalized spacial score (nSPS) is 12.1. The number of imidazole rings is 1. The van der Waals surface area contributed by atoms with Crippen LogP contribution >= 0.6 is 23.2 Å². The number of hydrogen-bond donors (Lipinski definition) is 2. The van der Waals surface area contributed by atoms with E-state index < -0.39 is 0 Å². The zero-order valence-corrected chi connectivity index (χ0v) is 21.7. The molecule has 2 rings (SSSR count). The fraction of sp³-hybridized carbons (Fsp3) is 0.739. The van der Waals surface area contributed by atoms with Crippen LogP contribution in [0.4, 0.5) is 0 Å². The van der Waals surface area contributed by atoms with Gasteiger partial charge in [-0.3, -0.25) is 0 Å². The first-order valence-corrected chi connectivity index (χ1v) is 13.0. The molecule has 2 aromatic heterocycles. The summed E-state index contributed by atoms with van der Waals surface area (Å²) >= 11 is 12.1. The number of hydrogen-bond acceptors (Lipinski definition) is 6. The van der Waals surface area contributed by atoms with Crippen molar-refractivity contribution in [3.05, 3.63) is 16.3 Å². The van der Waals surface area contributed by atoms with Gasteiger partial charge in [-0.15, -0.1) is 0 Å². The van der Waals surface area contributed by atoms with Gasteiger partial charge in [-0.05, 0) is 31.4 Å². The highest BCUT2D eigenvalue weighted by atomic mass is 35.5. The average molecular weight is 500 g/mol. The lowest BCUT2D eigenvalue weighted by Gasteiger charge is -2.13. The second-order valence-electron chi connectivity index (χ2n) is 8.77. The lowest BCUT2D eigenvalue weighted by atomic mass is 10.0. The predicted octanol–water partition coefficient (Wildman–Crippen LogP) is 5.98. The number of amidine groups is 1. The van der Waals surface area contributed by atoms with Gasteiger partial charge in [0.15, 0.2) is 10.8 Å². The highest BCUT2D eigenvalue weighted by Crippen LogP contribution is 2.24. The summed E-state index contributed by atoms with van der Waals surface area (Å²) < 4.78 is 2.11. The van der Waals surface area contributed by atoms with Gasteiger partial charge >= 0.3 is 0 Å². The lowest BCUT2D eigenvalue weighted by molar-refractivity contribution is 0.507. The fourth-order valence-electron chi connectivity index (χ4n) is 4.18. The average Bonchev–Trinajstić information content (AvgIpc) is 3.08. The Labute approximate surface area is 208 Å². The number of aryl methyl sites for hydroxylation is 2. The maximum absolute atomic E-state index is 6.26. The van der Waals surface area contributed by atoms with Gasteiger partial charge in [0.2, 0.25) is 5.28 Å². The van der Waals surface area contributed by atoms with E-state index in [9.17, 15) is 0 Å². The summed E-state index contributed by atoms with van der Waals surface area (Å²) in [5.41, 5.74) is 1.36. The van der Waals surface area contributed by atoms with Gasteiger partial charge in [0.1, 0.15) is 17.2 Å². The SMILES string of the molecule is Cc1nc2nc(Cl)nc(Cl)c2n1CCCCCCCCCCCCCCC/C(=N/N)N(C)N. The molecule has 2 aromatic rings. The van der Waals surface area contributed by atoms with Crippen molar-refractivity contribution >= 4 is 40.2 Å². The Morgan fingerprint density at radius 3 is 1.88 bits per heavy atom. The number of nitrogens with zero attached hydrogens (tertiary/aromatic N) is 6. The Morgan fingerprint density at radius 1 is 0.848 bits per heavy atom. The van der Waals surface area contributed by atoms with Crippen LogP contribution in [0.15, 0.2) is 5.10 Å². The van der Waals surface area contributed by atoms with Crippen molar-refractivity contribution < 1.29 is 0 Å². The number of rotatable bonds is 16. The van der Waals surface area contributed by atoms with Crippen molar-refractivity contribution in [1.82, 2.24) is 24.5 Å². The molecule has 0 saturated carbocycles. The predicted molar refractivity (Wildman–Crippen MR) is 138 cm³/mol. The molecule has 0 saturated heterocycles. The second kappa shape index (κ2) is 15.3. The molecule has 4 N–H and O–H groups in total. The van der Waals surface area contributed by atoms with Gasteiger partial charge in [0.25, 0.3) is 0 Å². The quantitative estimate of drug-likeness (QED) is 0.0559. The zero-order chi connectivity index (χ0) is 24.1. The highest BCUT2D eigenvalue weighted by molar-refractivity contribution is 6.35. The van der Waals surface area contributed by atoms with Crippen LogP contribution in [0.3, 0.4) is 0 Å². The topological polar surface area (TPSA) is 111 Å². The minimum absolute atomic E-state index is 0.139. The van der Waals surface area contributed by atoms with Gasteiger partial charge in [0, 0.05) is 20.0 Å². The van der Waals surface area contributed by atoms with Gasteiger partial charge in [-0.25, -0.2) is 15.8 Å². The minimum atomic E-state index is 0.139.